The Morgan fingerprint density at radius 2 is 1.83 bits per heavy atom. The van der Waals surface area contributed by atoms with E-state index in [-0.39, 0.29) is 4.90 Å². The van der Waals surface area contributed by atoms with Gasteiger partial charge in [0.2, 0.25) is 10.0 Å². The molecular formula is C13H18FNO2S. The topological polar surface area (TPSA) is 46.2 Å². The van der Waals surface area contributed by atoms with Crippen molar-refractivity contribution in [2.45, 2.75) is 37.0 Å². The van der Waals surface area contributed by atoms with Crippen LogP contribution in [0.1, 0.15) is 32.1 Å². The van der Waals surface area contributed by atoms with E-state index in [4.69, 9.17) is 0 Å². The molecule has 1 aromatic rings. The number of hydrogen-bond donors (Lipinski definition) is 1. The normalized spacial score (nSPS) is 17.8. The summed E-state index contributed by atoms with van der Waals surface area (Å²) in [7, 11) is -3.72. The van der Waals surface area contributed by atoms with E-state index in [0.29, 0.717) is 12.5 Å². The molecule has 0 amide bonds. The van der Waals surface area contributed by atoms with Crippen molar-refractivity contribution in [3.8, 4) is 0 Å². The van der Waals surface area contributed by atoms with Crippen molar-refractivity contribution < 1.29 is 12.8 Å². The standard InChI is InChI=1S/C13H18FNO2S/c14-12-8-4-5-9-13(12)18(16,17)15-10-11-6-2-1-3-7-11/h4-5,8-9,11,15H,1-3,6-7,10H2. The maximum absolute atomic E-state index is 13.4. The van der Waals surface area contributed by atoms with E-state index in [1.54, 1.807) is 0 Å². The van der Waals surface area contributed by atoms with E-state index in [1.165, 1.54) is 24.6 Å². The van der Waals surface area contributed by atoms with Crippen LogP contribution in [0.5, 0.6) is 0 Å². The van der Waals surface area contributed by atoms with Crippen LogP contribution in [0.3, 0.4) is 0 Å². The van der Waals surface area contributed by atoms with Gasteiger partial charge in [0, 0.05) is 6.54 Å². The molecule has 0 bridgehead atoms. The highest BCUT2D eigenvalue weighted by atomic mass is 32.2. The Bertz CT molecular complexity index is 495. The van der Waals surface area contributed by atoms with Gasteiger partial charge in [0.1, 0.15) is 10.7 Å². The summed E-state index contributed by atoms with van der Waals surface area (Å²) in [5.74, 6) is -0.311. The average molecular weight is 271 g/mol. The van der Waals surface area contributed by atoms with Gasteiger partial charge in [-0.1, -0.05) is 31.4 Å². The van der Waals surface area contributed by atoms with E-state index >= 15 is 0 Å². The molecule has 0 atom stereocenters. The zero-order chi connectivity index (χ0) is 13.0. The molecule has 2 rings (SSSR count). The van der Waals surface area contributed by atoms with Gasteiger partial charge in [-0.05, 0) is 30.9 Å². The summed E-state index contributed by atoms with van der Waals surface area (Å²) in [6.07, 6.45) is 5.66. The predicted molar refractivity (Wildman–Crippen MR) is 68.2 cm³/mol. The fraction of sp³-hybridized carbons (Fsp3) is 0.538. The van der Waals surface area contributed by atoms with Gasteiger partial charge in [-0.2, -0.15) is 0 Å². The number of benzene rings is 1. The number of halogens is 1. The third-order valence-corrected chi connectivity index (χ3v) is 4.87. The summed E-state index contributed by atoms with van der Waals surface area (Å²) < 4.78 is 39.8. The molecule has 5 heteroatoms. The molecule has 0 radical (unpaired) electrons. The van der Waals surface area contributed by atoms with Gasteiger partial charge < -0.3 is 0 Å². The Hall–Kier alpha value is -0.940. The van der Waals surface area contributed by atoms with Crippen LogP contribution in [0.4, 0.5) is 4.39 Å². The van der Waals surface area contributed by atoms with E-state index in [0.717, 1.165) is 31.7 Å². The minimum Gasteiger partial charge on any atom is -0.211 e. The van der Waals surface area contributed by atoms with E-state index in [1.807, 2.05) is 0 Å². The smallest absolute Gasteiger partial charge is 0.211 e. The largest absolute Gasteiger partial charge is 0.243 e. The van der Waals surface area contributed by atoms with Gasteiger partial charge in [0.25, 0.3) is 0 Å². The molecule has 0 heterocycles. The van der Waals surface area contributed by atoms with E-state index in [2.05, 4.69) is 4.72 Å². The van der Waals surface area contributed by atoms with Crippen LogP contribution in [0.25, 0.3) is 0 Å². The average Bonchev–Trinajstić information content (AvgIpc) is 2.38. The monoisotopic (exact) mass is 271 g/mol. The van der Waals surface area contributed by atoms with Gasteiger partial charge in [-0.3, -0.25) is 0 Å². The van der Waals surface area contributed by atoms with Gasteiger partial charge >= 0.3 is 0 Å². The molecular weight excluding hydrogens is 253 g/mol. The van der Waals surface area contributed by atoms with Crippen LogP contribution in [0, 0.1) is 11.7 Å². The van der Waals surface area contributed by atoms with Crippen molar-refractivity contribution in [3.05, 3.63) is 30.1 Å². The summed E-state index contributed by atoms with van der Waals surface area (Å²) in [5, 5.41) is 0. The molecule has 0 saturated heterocycles. The Morgan fingerprint density at radius 1 is 1.17 bits per heavy atom. The second-order valence-electron chi connectivity index (χ2n) is 4.79. The third-order valence-electron chi connectivity index (χ3n) is 3.41. The fourth-order valence-electron chi connectivity index (χ4n) is 2.36. The molecule has 1 aromatic carbocycles. The molecule has 1 aliphatic rings. The lowest BCUT2D eigenvalue weighted by Gasteiger charge is -2.21. The minimum absolute atomic E-state index is 0.263. The van der Waals surface area contributed by atoms with Crippen LogP contribution in [0.2, 0.25) is 0 Å². The van der Waals surface area contributed by atoms with Gasteiger partial charge in [-0.25, -0.2) is 17.5 Å². The van der Waals surface area contributed by atoms with Crippen molar-refractivity contribution in [2.75, 3.05) is 6.54 Å². The van der Waals surface area contributed by atoms with Crippen LogP contribution >= 0.6 is 0 Å². The third kappa shape index (κ3) is 3.29. The van der Waals surface area contributed by atoms with Gasteiger partial charge in [-0.15, -0.1) is 0 Å². The van der Waals surface area contributed by atoms with Crippen molar-refractivity contribution >= 4 is 10.0 Å². The molecule has 1 fully saturated rings. The number of rotatable bonds is 4. The predicted octanol–water partition coefficient (Wildman–Crippen LogP) is 2.68. The lowest BCUT2D eigenvalue weighted by atomic mass is 9.90. The second kappa shape index (κ2) is 5.80. The lowest BCUT2D eigenvalue weighted by molar-refractivity contribution is 0.357. The molecule has 0 aromatic heterocycles. The molecule has 0 unspecified atom stereocenters. The zero-order valence-corrected chi connectivity index (χ0v) is 11.0. The second-order valence-corrected chi connectivity index (χ2v) is 6.52. The minimum atomic E-state index is -3.72. The highest BCUT2D eigenvalue weighted by Crippen LogP contribution is 2.23. The maximum Gasteiger partial charge on any atom is 0.243 e. The van der Waals surface area contributed by atoms with Gasteiger partial charge in [0.05, 0.1) is 0 Å². The first-order chi connectivity index (χ1) is 8.59. The SMILES string of the molecule is O=S(=O)(NCC1CCCCC1)c1ccccc1F. The summed E-state index contributed by atoms with van der Waals surface area (Å²) in [6.45, 7) is 0.413. The Balaban J connectivity index is 2.01. The van der Waals surface area contributed by atoms with E-state index in [9.17, 15) is 12.8 Å². The highest BCUT2D eigenvalue weighted by molar-refractivity contribution is 7.89. The summed E-state index contributed by atoms with van der Waals surface area (Å²) in [4.78, 5) is -0.263. The van der Waals surface area contributed by atoms with Crippen LogP contribution in [-0.4, -0.2) is 15.0 Å². The molecule has 3 nitrogen and oxygen atoms in total. The maximum atomic E-state index is 13.4. The van der Waals surface area contributed by atoms with Crippen LogP contribution in [-0.2, 0) is 10.0 Å². The van der Waals surface area contributed by atoms with E-state index < -0.39 is 15.8 Å². The summed E-state index contributed by atoms with van der Waals surface area (Å²) in [6, 6.07) is 5.46. The Labute approximate surface area is 107 Å². The van der Waals surface area contributed by atoms with Crippen molar-refractivity contribution in [3.63, 3.8) is 0 Å². The highest BCUT2D eigenvalue weighted by Gasteiger charge is 2.21. The Kier molecular flexibility index (Phi) is 4.35. The molecule has 1 saturated carbocycles. The number of hydrogen-bond acceptors (Lipinski definition) is 2. The summed E-state index contributed by atoms with van der Waals surface area (Å²) in [5.41, 5.74) is 0. The molecule has 1 aliphatic carbocycles. The number of sulfonamides is 1. The quantitative estimate of drug-likeness (QED) is 0.915. The molecule has 18 heavy (non-hydrogen) atoms. The lowest BCUT2D eigenvalue weighted by Crippen LogP contribution is -2.30. The molecule has 0 spiro atoms. The Morgan fingerprint density at radius 3 is 2.50 bits per heavy atom. The first kappa shape index (κ1) is 13.5. The first-order valence-electron chi connectivity index (χ1n) is 6.34. The number of nitrogens with one attached hydrogen (secondary N) is 1. The van der Waals surface area contributed by atoms with Crippen molar-refractivity contribution in [1.29, 1.82) is 0 Å². The summed E-state index contributed by atoms with van der Waals surface area (Å²) >= 11 is 0. The zero-order valence-electron chi connectivity index (χ0n) is 10.2. The van der Waals surface area contributed by atoms with Crippen molar-refractivity contribution in [2.24, 2.45) is 5.92 Å². The first-order valence-corrected chi connectivity index (χ1v) is 7.82. The molecule has 1 N–H and O–H groups in total. The van der Waals surface area contributed by atoms with Gasteiger partial charge in [0.15, 0.2) is 0 Å². The van der Waals surface area contributed by atoms with Crippen LogP contribution in [0.15, 0.2) is 29.2 Å². The molecule has 100 valence electrons. The van der Waals surface area contributed by atoms with Crippen molar-refractivity contribution in [1.82, 2.24) is 4.72 Å². The van der Waals surface area contributed by atoms with Crippen LogP contribution < -0.4 is 4.72 Å². The molecule has 0 aliphatic heterocycles. The fourth-order valence-corrected chi connectivity index (χ4v) is 3.55.